The number of rotatable bonds is 1. The standard InChI is InChI=1S/C9H17N3O/c1-6-3-4-8(7(2)5-6)11-12-9(10)13/h6-7H,3-5H2,1-2H3,(H3,10,12,13)/b11-8+. The van der Waals surface area contributed by atoms with E-state index in [1.165, 1.54) is 0 Å². The van der Waals surface area contributed by atoms with Crippen LogP contribution in [0, 0.1) is 11.8 Å². The zero-order valence-corrected chi connectivity index (χ0v) is 8.21. The lowest BCUT2D eigenvalue weighted by Gasteiger charge is -2.25. The number of urea groups is 1. The van der Waals surface area contributed by atoms with Crippen molar-refractivity contribution in [2.24, 2.45) is 22.7 Å². The Morgan fingerprint density at radius 3 is 2.85 bits per heavy atom. The molecular weight excluding hydrogens is 166 g/mol. The highest BCUT2D eigenvalue weighted by molar-refractivity contribution is 5.88. The van der Waals surface area contributed by atoms with E-state index in [1.807, 2.05) is 0 Å². The highest BCUT2D eigenvalue weighted by Crippen LogP contribution is 2.25. The van der Waals surface area contributed by atoms with Gasteiger partial charge in [-0.3, -0.25) is 0 Å². The van der Waals surface area contributed by atoms with Crippen LogP contribution in [0.5, 0.6) is 0 Å². The van der Waals surface area contributed by atoms with E-state index in [1.54, 1.807) is 0 Å². The van der Waals surface area contributed by atoms with Gasteiger partial charge < -0.3 is 5.73 Å². The van der Waals surface area contributed by atoms with E-state index in [-0.39, 0.29) is 0 Å². The lowest BCUT2D eigenvalue weighted by Crippen LogP contribution is -2.29. The minimum atomic E-state index is -0.585. The highest BCUT2D eigenvalue weighted by Gasteiger charge is 2.20. The quantitative estimate of drug-likeness (QED) is 0.594. The third-order valence-corrected chi connectivity index (χ3v) is 2.53. The van der Waals surface area contributed by atoms with Crippen molar-refractivity contribution in [2.45, 2.75) is 33.1 Å². The van der Waals surface area contributed by atoms with E-state index in [2.05, 4.69) is 24.4 Å². The molecule has 0 heterocycles. The molecule has 0 aromatic heterocycles. The van der Waals surface area contributed by atoms with Crippen LogP contribution in [0.15, 0.2) is 5.10 Å². The van der Waals surface area contributed by atoms with E-state index in [4.69, 9.17) is 5.73 Å². The number of carbonyl (C=O) groups excluding carboxylic acids is 1. The van der Waals surface area contributed by atoms with Gasteiger partial charge in [-0.2, -0.15) is 5.10 Å². The molecule has 3 N–H and O–H groups in total. The molecule has 0 bridgehead atoms. The van der Waals surface area contributed by atoms with Gasteiger partial charge in [0, 0.05) is 5.71 Å². The summed E-state index contributed by atoms with van der Waals surface area (Å²) in [6.07, 6.45) is 3.28. The van der Waals surface area contributed by atoms with Crippen molar-refractivity contribution in [1.82, 2.24) is 5.43 Å². The van der Waals surface area contributed by atoms with Crippen LogP contribution in [0.25, 0.3) is 0 Å². The third kappa shape index (κ3) is 3.05. The summed E-state index contributed by atoms with van der Waals surface area (Å²) in [5, 5.41) is 3.99. The number of hydrogen-bond acceptors (Lipinski definition) is 2. The summed E-state index contributed by atoms with van der Waals surface area (Å²) in [7, 11) is 0. The summed E-state index contributed by atoms with van der Waals surface area (Å²) in [6.45, 7) is 4.38. The molecule has 2 unspecified atom stereocenters. The summed E-state index contributed by atoms with van der Waals surface area (Å²) in [5.74, 6) is 1.23. The largest absolute Gasteiger partial charge is 0.350 e. The second-order valence-electron chi connectivity index (χ2n) is 3.86. The Morgan fingerprint density at radius 2 is 2.31 bits per heavy atom. The number of nitrogens with zero attached hydrogens (tertiary/aromatic N) is 1. The van der Waals surface area contributed by atoms with Gasteiger partial charge in [0.25, 0.3) is 0 Å². The molecule has 4 heteroatoms. The van der Waals surface area contributed by atoms with Crippen molar-refractivity contribution >= 4 is 11.7 Å². The SMILES string of the molecule is CC1CC/C(=N\NC(N)=O)C(C)C1. The maximum atomic E-state index is 10.4. The van der Waals surface area contributed by atoms with Gasteiger partial charge >= 0.3 is 6.03 Å². The monoisotopic (exact) mass is 183 g/mol. The highest BCUT2D eigenvalue weighted by atomic mass is 16.2. The molecule has 0 saturated heterocycles. The van der Waals surface area contributed by atoms with E-state index in [0.717, 1.165) is 30.9 Å². The van der Waals surface area contributed by atoms with E-state index in [0.29, 0.717) is 5.92 Å². The topological polar surface area (TPSA) is 67.5 Å². The van der Waals surface area contributed by atoms with Crippen LogP contribution in [0.2, 0.25) is 0 Å². The van der Waals surface area contributed by atoms with Crippen LogP contribution in [0.1, 0.15) is 33.1 Å². The first-order valence-electron chi connectivity index (χ1n) is 4.71. The van der Waals surface area contributed by atoms with Crippen molar-refractivity contribution in [3.05, 3.63) is 0 Å². The zero-order valence-electron chi connectivity index (χ0n) is 8.21. The molecule has 0 aromatic rings. The van der Waals surface area contributed by atoms with Gasteiger partial charge in [-0.25, -0.2) is 10.2 Å². The molecular formula is C9H17N3O. The number of nitrogens with one attached hydrogen (secondary N) is 1. The summed E-state index contributed by atoms with van der Waals surface area (Å²) in [5.41, 5.74) is 8.28. The molecule has 0 aromatic carbocycles. The first-order chi connectivity index (χ1) is 6.09. The molecule has 1 saturated carbocycles. The lowest BCUT2D eigenvalue weighted by molar-refractivity contribution is 0.249. The fraction of sp³-hybridized carbons (Fsp3) is 0.778. The summed E-state index contributed by atoms with van der Waals surface area (Å²) in [6, 6.07) is -0.585. The Labute approximate surface area is 78.6 Å². The number of amides is 2. The fourth-order valence-corrected chi connectivity index (χ4v) is 1.79. The van der Waals surface area contributed by atoms with Crippen LogP contribution in [0.4, 0.5) is 4.79 Å². The number of hydrazone groups is 1. The van der Waals surface area contributed by atoms with Crippen LogP contribution < -0.4 is 11.2 Å². The number of hydrogen-bond donors (Lipinski definition) is 2. The smallest absolute Gasteiger partial charge is 0.332 e. The summed E-state index contributed by atoms with van der Waals surface area (Å²) in [4.78, 5) is 10.4. The Bertz CT molecular complexity index is 225. The Balaban J connectivity index is 2.50. The van der Waals surface area contributed by atoms with Gasteiger partial charge in [-0.05, 0) is 31.1 Å². The van der Waals surface area contributed by atoms with Gasteiger partial charge in [0.05, 0.1) is 0 Å². The molecule has 2 atom stereocenters. The van der Waals surface area contributed by atoms with Crippen molar-refractivity contribution in [2.75, 3.05) is 0 Å². The lowest BCUT2D eigenvalue weighted by atomic mass is 9.82. The van der Waals surface area contributed by atoms with E-state index < -0.39 is 6.03 Å². The van der Waals surface area contributed by atoms with E-state index >= 15 is 0 Å². The molecule has 4 nitrogen and oxygen atoms in total. The fourth-order valence-electron chi connectivity index (χ4n) is 1.79. The molecule has 13 heavy (non-hydrogen) atoms. The molecule has 2 amide bonds. The van der Waals surface area contributed by atoms with Crippen molar-refractivity contribution in [3.63, 3.8) is 0 Å². The van der Waals surface area contributed by atoms with Gasteiger partial charge in [0.1, 0.15) is 0 Å². The second-order valence-corrected chi connectivity index (χ2v) is 3.86. The van der Waals surface area contributed by atoms with Gasteiger partial charge in [0.2, 0.25) is 0 Å². The van der Waals surface area contributed by atoms with Crippen molar-refractivity contribution in [3.8, 4) is 0 Å². The molecule has 0 aliphatic heterocycles. The molecule has 0 radical (unpaired) electrons. The molecule has 1 aliphatic rings. The maximum absolute atomic E-state index is 10.4. The first kappa shape index (κ1) is 10.0. The van der Waals surface area contributed by atoms with Crippen LogP contribution in [-0.2, 0) is 0 Å². The van der Waals surface area contributed by atoms with Crippen molar-refractivity contribution in [1.29, 1.82) is 0 Å². The molecule has 0 spiro atoms. The predicted octanol–water partition coefficient (Wildman–Crippen LogP) is 1.47. The van der Waals surface area contributed by atoms with Crippen molar-refractivity contribution < 1.29 is 4.79 Å². The number of primary amides is 1. The minimum Gasteiger partial charge on any atom is -0.350 e. The Morgan fingerprint density at radius 1 is 1.62 bits per heavy atom. The van der Waals surface area contributed by atoms with Crippen LogP contribution in [0.3, 0.4) is 0 Å². The average molecular weight is 183 g/mol. The minimum absolute atomic E-state index is 0.468. The molecule has 1 aliphatic carbocycles. The Hall–Kier alpha value is -1.06. The van der Waals surface area contributed by atoms with Gasteiger partial charge in [0.15, 0.2) is 0 Å². The van der Waals surface area contributed by atoms with Crippen LogP contribution in [-0.4, -0.2) is 11.7 Å². The third-order valence-electron chi connectivity index (χ3n) is 2.53. The maximum Gasteiger partial charge on any atom is 0.332 e. The number of carbonyl (C=O) groups is 1. The van der Waals surface area contributed by atoms with Gasteiger partial charge in [-0.1, -0.05) is 13.8 Å². The first-order valence-corrected chi connectivity index (χ1v) is 4.71. The van der Waals surface area contributed by atoms with Gasteiger partial charge in [-0.15, -0.1) is 0 Å². The normalized spacial score (nSPS) is 31.7. The average Bonchev–Trinajstić information content (AvgIpc) is 2.02. The van der Waals surface area contributed by atoms with Crippen LogP contribution >= 0.6 is 0 Å². The second kappa shape index (κ2) is 4.25. The Kier molecular flexibility index (Phi) is 3.28. The molecule has 74 valence electrons. The molecule has 1 rings (SSSR count). The van der Waals surface area contributed by atoms with E-state index in [9.17, 15) is 4.79 Å². The zero-order chi connectivity index (χ0) is 9.84. The predicted molar refractivity (Wildman–Crippen MR) is 52.3 cm³/mol. The summed E-state index contributed by atoms with van der Waals surface area (Å²) < 4.78 is 0. The molecule has 1 fully saturated rings. The number of nitrogens with two attached hydrogens (primary N) is 1. The summed E-state index contributed by atoms with van der Waals surface area (Å²) >= 11 is 0.